The Labute approximate surface area is 101 Å². The first kappa shape index (κ1) is 14.0. The second kappa shape index (κ2) is 6.61. The number of aliphatic hydroxyl groups excluding tert-OH is 1. The Morgan fingerprint density at radius 1 is 1.19 bits per heavy atom. The Morgan fingerprint density at radius 2 is 1.75 bits per heavy atom. The largest absolute Gasteiger partial charge is 0.392 e. The van der Waals surface area contributed by atoms with Crippen molar-refractivity contribution in [2.24, 2.45) is 11.8 Å². The van der Waals surface area contributed by atoms with Gasteiger partial charge in [0.1, 0.15) is 0 Å². The summed E-state index contributed by atoms with van der Waals surface area (Å²) in [6.45, 7) is 7.31. The van der Waals surface area contributed by atoms with Gasteiger partial charge in [-0.25, -0.2) is 0 Å². The highest BCUT2D eigenvalue weighted by atomic mass is 16.3. The fraction of sp³-hybridized carbons (Fsp3) is 1.00. The van der Waals surface area contributed by atoms with Crippen LogP contribution in [-0.2, 0) is 0 Å². The number of hydrogen-bond donors (Lipinski definition) is 1. The van der Waals surface area contributed by atoms with Crippen molar-refractivity contribution in [3.05, 3.63) is 0 Å². The minimum absolute atomic E-state index is 0.172. The summed E-state index contributed by atoms with van der Waals surface area (Å²) >= 11 is 0. The molecule has 2 nitrogen and oxygen atoms in total. The van der Waals surface area contributed by atoms with Crippen molar-refractivity contribution in [3.8, 4) is 0 Å². The highest BCUT2D eigenvalue weighted by Crippen LogP contribution is 2.29. The summed E-state index contributed by atoms with van der Waals surface area (Å²) in [4.78, 5) is 2.37. The van der Waals surface area contributed by atoms with Gasteiger partial charge in [0, 0.05) is 12.6 Å². The zero-order valence-electron chi connectivity index (χ0n) is 11.4. The van der Waals surface area contributed by atoms with Gasteiger partial charge >= 0.3 is 0 Å². The second-order valence-corrected chi connectivity index (χ2v) is 5.83. The lowest BCUT2D eigenvalue weighted by atomic mass is 9.84. The molecule has 1 fully saturated rings. The SMILES string of the molecule is CCC1CCC(N(C)CC(O)C(C)C)CC1. The van der Waals surface area contributed by atoms with Crippen LogP contribution in [0.4, 0.5) is 0 Å². The summed E-state index contributed by atoms with van der Waals surface area (Å²) in [6, 6.07) is 0.705. The van der Waals surface area contributed by atoms with E-state index in [0.717, 1.165) is 12.5 Å². The molecule has 2 heteroatoms. The molecule has 1 unspecified atom stereocenters. The number of nitrogens with zero attached hydrogens (tertiary/aromatic N) is 1. The van der Waals surface area contributed by atoms with E-state index in [-0.39, 0.29) is 6.10 Å². The Kier molecular flexibility index (Phi) is 5.77. The summed E-state index contributed by atoms with van der Waals surface area (Å²) in [5, 5.41) is 9.88. The second-order valence-electron chi connectivity index (χ2n) is 5.83. The molecule has 1 rings (SSSR count). The summed E-state index contributed by atoms with van der Waals surface area (Å²) < 4.78 is 0. The first-order chi connectivity index (χ1) is 7.54. The summed E-state index contributed by atoms with van der Waals surface area (Å²) in [7, 11) is 2.17. The van der Waals surface area contributed by atoms with E-state index >= 15 is 0 Å². The minimum atomic E-state index is -0.172. The van der Waals surface area contributed by atoms with Crippen molar-refractivity contribution >= 4 is 0 Å². The van der Waals surface area contributed by atoms with Crippen LogP contribution in [0.5, 0.6) is 0 Å². The molecule has 1 N–H and O–H groups in total. The predicted molar refractivity (Wildman–Crippen MR) is 69.5 cm³/mol. The number of likely N-dealkylation sites (N-methyl/N-ethyl adjacent to an activating group) is 1. The van der Waals surface area contributed by atoms with Crippen LogP contribution >= 0.6 is 0 Å². The van der Waals surface area contributed by atoms with Crippen molar-refractivity contribution < 1.29 is 5.11 Å². The Hall–Kier alpha value is -0.0800. The molecule has 0 bridgehead atoms. The Balaban J connectivity index is 2.30. The molecule has 96 valence electrons. The molecule has 0 aromatic carbocycles. The van der Waals surface area contributed by atoms with Crippen molar-refractivity contribution in [2.75, 3.05) is 13.6 Å². The molecule has 0 radical (unpaired) electrons. The molecule has 16 heavy (non-hydrogen) atoms. The molecule has 0 heterocycles. The molecule has 1 atom stereocenters. The average molecular weight is 227 g/mol. The van der Waals surface area contributed by atoms with E-state index < -0.39 is 0 Å². The highest BCUT2D eigenvalue weighted by molar-refractivity contribution is 4.79. The lowest BCUT2D eigenvalue weighted by molar-refractivity contribution is 0.0571. The fourth-order valence-electron chi connectivity index (χ4n) is 2.65. The molecule has 0 spiro atoms. The van der Waals surface area contributed by atoms with E-state index in [9.17, 15) is 5.11 Å². The monoisotopic (exact) mass is 227 g/mol. The lowest BCUT2D eigenvalue weighted by Gasteiger charge is -2.35. The van der Waals surface area contributed by atoms with Crippen LogP contribution in [-0.4, -0.2) is 35.7 Å². The third-order valence-electron chi connectivity index (χ3n) is 4.26. The lowest BCUT2D eigenvalue weighted by Crippen LogP contribution is -2.41. The first-order valence-electron chi connectivity index (χ1n) is 6.92. The summed E-state index contributed by atoms with van der Waals surface area (Å²) in [6.07, 6.45) is 6.56. The van der Waals surface area contributed by atoms with Crippen molar-refractivity contribution in [2.45, 2.75) is 65.0 Å². The van der Waals surface area contributed by atoms with Gasteiger partial charge in [0.05, 0.1) is 6.10 Å². The molecular formula is C14H29NO. The van der Waals surface area contributed by atoms with Gasteiger partial charge in [-0.1, -0.05) is 27.2 Å². The van der Waals surface area contributed by atoms with Crippen LogP contribution in [0.3, 0.4) is 0 Å². The number of aliphatic hydroxyl groups is 1. The third kappa shape index (κ3) is 4.06. The smallest absolute Gasteiger partial charge is 0.0689 e. The maximum absolute atomic E-state index is 9.88. The molecule has 0 saturated heterocycles. The average Bonchev–Trinajstić information content (AvgIpc) is 2.28. The zero-order valence-corrected chi connectivity index (χ0v) is 11.4. The van der Waals surface area contributed by atoms with Gasteiger partial charge in [-0.2, -0.15) is 0 Å². The van der Waals surface area contributed by atoms with Gasteiger partial charge in [0.15, 0.2) is 0 Å². The number of hydrogen-bond acceptors (Lipinski definition) is 2. The molecule has 0 aliphatic heterocycles. The van der Waals surface area contributed by atoms with E-state index in [4.69, 9.17) is 0 Å². The first-order valence-corrected chi connectivity index (χ1v) is 6.92. The molecule has 1 aliphatic rings. The van der Waals surface area contributed by atoms with Crippen LogP contribution in [0.2, 0.25) is 0 Å². The Bertz CT molecular complexity index is 185. The molecular weight excluding hydrogens is 198 g/mol. The van der Waals surface area contributed by atoms with Gasteiger partial charge in [0.25, 0.3) is 0 Å². The van der Waals surface area contributed by atoms with E-state index in [1.54, 1.807) is 0 Å². The van der Waals surface area contributed by atoms with Gasteiger partial charge in [-0.15, -0.1) is 0 Å². The zero-order chi connectivity index (χ0) is 12.1. The van der Waals surface area contributed by atoms with Gasteiger partial charge in [-0.05, 0) is 44.6 Å². The molecule has 1 saturated carbocycles. The van der Waals surface area contributed by atoms with Crippen LogP contribution < -0.4 is 0 Å². The fourth-order valence-corrected chi connectivity index (χ4v) is 2.65. The maximum atomic E-state index is 9.88. The quantitative estimate of drug-likeness (QED) is 0.780. The van der Waals surface area contributed by atoms with E-state index in [0.29, 0.717) is 12.0 Å². The predicted octanol–water partition coefficient (Wildman–Crippen LogP) is 2.90. The minimum Gasteiger partial charge on any atom is -0.392 e. The molecule has 0 aromatic rings. The van der Waals surface area contributed by atoms with E-state index in [1.165, 1.54) is 32.1 Å². The van der Waals surface area contributed by atoms with Crippen LogP contribution in [0.25, 0.3) is 0 Å². The topological polar surface area (TPSA) is 23.5 Å². The van der Waals surface area contributed by atoms with Crippen LogP contribution in [0, 0.1) is 11.8 Å². The third-order valence-corrected chi connectivity index (χ3v) is 4.26. The normalized spacial score (nSPS) is 28.7. The maximum Gasteiger partial charge on any atom is 0.0689 e. The van der Waals surface area contributed by atoms with Gasteiger partial charge < -0.3 is 10.0 Å². The Morgan fingerprint density at radius 3 is 2.19 bits per heavy atom. The van der Waals surface area contributed by atoms with Crippen molar-refractivity contribution in [1.29, 1.82) is 0 Å². The van der Waals surface area contributed by atoms with Crippen molar-refractivity contribution in [3.63, 3.8) is 0 Å². The van der Waals surface area contributed by atoms with Gasteiger partial charge in [0.2, 0.25) is 0 Å². The van der Waals surface area contributed by atoms with E-state index in [2.05, 4.69) is 32.7 Å². The molecule has 0 aromatic heterocycles. The van der Waals surface area contributed by atoms with E-state index in [1.807, 2.05) is 0 Å². The number of rotatable bonds is 5. The van der Waals surface area contributed by atoms with Crippen LogP contribution in [0.15, 0.2) is 0 Å². The standard InChI is InChI=1S/C14H29NO/c1-5-12-6-8-13(9-7-12)15(4)10-14(16)11(2)3/h11-14,16H,5-10H2,1-4H3. The highest BCUT2D eigenvalue weighted by Gasteiger charge is 2.24. The van der Waals surface area contributed by atoms with Crippen molar-refractivity contribution in [1.82, 2.24) is 4.90 Å². The molecule has 1 aliphatic carbocycles. The van der Waals surface area contributed by atoms with Gasteiger partial charge in [-0.3, -0.25) is 0 Å². The summed E-state index contributed by atoms with van der Waals surface area (Å²) in [5.74, 6) is 1.33. The molecule has 0 amide bonds. The van der Waals surface area contributed by atoms with Crippen LogP contribution in [0.1, 0.15) is 52.9 Å². The summed E-state index contributed by atoms with van der Waals surface area (Å²) in [5.41, 5.74) is 0.